The van der Waals surface area contributed by atoms with Gasteiger partial charge < -0.3 is 10.4 Å². The van der Waals surface area contributed by atoms with E-state index in [0.717, 1.165) is 31.0 Å². The second kappa shape index (κ2) is 5.43. The highest BCUT2D eigenvalue weighted by atomic mass is 32.1. The Balaban J connectivity index is 2.09. The molecule has 18 heavy (non-hydrogen) atoms. The Hall–Kier alpha value is -1.50. The molecule has 1 fully saturated rings. The van der Waals surface area contributed by atoms with Crippen LogP contribution in [-0.2, 0) is 4.79 Å². The van der Waals surface area contributed by atoms with Crippen LogP contribution in [0.2, 0.25) is 0 Å². The molecule has 0 radical (unpaired) electrons. The summed E-state index contributed by atoms with van der Waals surface area (Å²) < 4.78 is 7.64. The van der Waals surface area contributed by atoms with Gasteiger partial charge in [0.25, 0.3) is 5.91 Å². The Kier molecular flexibility index (Phi) is 3.90. The number of hydrogen-bond acceptors (Lipinski definition) is 5. The fourth-order valence-corrected chi connectivity index (χ4v) is 2.85. The van der Waals surface area contributed by atoms with Gasteiger partial charge in [-0.3, -0.25) is 9.59 Å². The van der Waals surface area contributed by atoms with Gasteiger partial charge in [-0.2, -0.15) is 8.75 Å². The van der Waals surface area contributed by atoms with Crippen LogP contribution in [0.15, 0.2) is 6.20 Å². The second-order valence-electron chi connectivity index (χ2n) is 4.66. The first-order chi connectivity index (χ1) is 8.61. The van der Waals surface area contributed by atoms with Crippen molar-refractivity contribution >= 4 is 23.6 Å². The Morgan fingerprint density at radius 1 is 1.39 bits per heavy atom. The van der Waals surface area contributed by atoms with Crippen molar-refractivity contribution in [1.29, 1.82) is 0 Å². The highest BCUT2D eigenvalue weighted by Gasteiger charge is 2.36. The van der Waals surface area contributed by atoms with Crippen LogP contribution in [-0.4, -0.2) is 31.3 Å². The quantitative estimate of drug-likeness (QED) is 0.863. The van der Waals surface area contributed by atoms with E-state index in [2.05, 4.69) is 14.1 Å². The minimum Gasteiger partial charge on any atom is -0.481 e. The maximum Gasteiger partial charge on any atom is 0.305 e. The molecule has 1 aliphatic carbocycles. The number of carbonyl (C=O) groups is 2. The van der Waals surface area contributed by atoms with E-state index in [1.54, 1.807) is 0 Å². The third kappa shape index (κ3) is 3.04. The number of hydrogen-bond donors (Lipinski definition) is 2. The van der Waals surface area contributed by atoms with Gasteiger partial charge in [0.2, 0.25) is 0 Å². The van der Waals surface area contributed by atoms with Crippen molar-refractivity contribution in [1.82, 2.24) is 14.1 Å². The third-order valence-electron chi connectivity index (χ3n) is 3.27. The molecule has 0 aromatic carbocycles. The molecule has 0 aliphatic heterocycles. The summed E-state index contributed by atoms with van der Waals surface area (Å²) in [7, 11) is 0. The predicted octanol–water partition coefficient (Wildman–Crippen LogP) is 1.45. The Morgan fingerprint density at radius 3 is 2.67 bits per heavy atom. The summed E-state index contributed by atoms with van der Waals surface area (Å²) in [5, 5.41) is 11.8. The Morgan fingerprint density at radius 2 is 2.11 bits per heavy atom. The lowest BCUT2D eigenvalue weighted by Crippen LogP contribution is -2.51. The fraction of sp³-hybridized carbons (Fsp3) is 0.636. The zero-order valence-corrected chi connectivity index (χ0v) is 10.7. The summed E-state index contributed by atoms with van der Waals surface area (Å²) in [5.41, 5.74) is -0.361. The maximum absolute atomic E-state index is 12.0. The van der Waals surface area contributed by atoms with Gasteiger partial charge in [-0.15, -0.1) is 0 Å². The molecule has 0 unspecified atom stereocenters. The van der Waals surface area contributed by atoms with Gasteiger partial charge in [-0.25, -0.2) is 0 Å². The number of carboxylic acid groups (broad SMARTS) is 1. The molecule has 1 aromatic rings. The fourth-order valence-electron chi connectivity index (χ4n) is 2.43. The van der Waals surface area contributed by atoms with Gasteiger partial charge in [0.05, 0.1) is 29.9 Å². The van der Waals surface area contributed by atoms with Gasteiger partial charge in [0, 0.05) is 0 Å². The average molecular weight is 269 g/mol. The second-order valence-corrected chi connectivity index (χ2v) is 5.22. The number of nitrogens with one attached hydrogen (secondary N) is 1. The predicted molar refractivity (Wildman–Crippen MR) is 65.4 cm³/mol. The number of amides is 1. The molecule has 2 N–H and O–H groups in total. The normalized spacial score (nSPS) is 18.2. The average Bonchev–Trinajstić information content (AvgIpc) is 2.82. The highest BCUT2D eigenvalue weighted by molar-refractivity contribution is 6.99. The number of carboxylic acids is 1. The van der Waals surface area contributed by atoms with E-state index in [1.165, 1.54) is 6.20 Å². The maximum atomic E-state index is 12.0. The molecular formula is C11H15N3O3S. The molecule has 7 heteroatoms. The molecule has 2 rings (SSSR count). The Bertz CT molecular complexity index is 427. The first-order valence-electron chi connectivity index (χ1n) is 5.93. The van der Waals surface area contributed by atoms with E-state index in [-0.39, 0.29) is 18.0 Å². The van der Waals surface area contributed by atoms with Crippen molar-refractivity contribution in [3.05, 3.63) is 11.9 Å². The van der Waals surface area contributed by atoms with Gasteiger partial charge in [-0.1, -0.05) is 19.3 Å². The molecule has 1 amide bonds. The molecule has 98 valence electrons. The molecule has 0 spiro atoms. The summed E-state index contributed by atoms with van der Waals surface area (Å²) in [5.74, 6) is -1.21. The lowest BCUT2D eigenvalue weighted by atomic mass is 9.79. The summed E-state index contributed by atoms with van der Waals surface area (Å²) in [6.07, 6.45) is 5.78. The summed E-state index contributed by atoms with van der Waals surface area (Å²) in [6, 6.07) is 0. The molecule has 1 saturated carbocycles. The van der Waals surface area contributed by atoms with Gasteiger partial charge in [0.1, 0.15) is 0 Å². The van der Waals surface area contributed by atoms with E-state index < -0.39 is 11.5 Å². The monoisotopic (exact) mass is 269 g/mol. The topological polar surface area (TPSA) is 92.2 Å². The molecule has 1 aliphatic rings. The van der Waals surface area contributed by atoms with Crippen molar-refractivity contribution < 1.29 is 14.7 Å². The van der Waals surface area contributed by atoms with Crippen LogP contribution in [0.5, 0.6) is 0 Å². The molecule has 1 aromatic heterocycles. The van der Waals surface area contributed by atoms with Crippen LogP contribution >= 0.6 is 11.7 Å². The Labute approximate surface area is 109 Å². The lowest BCUT2D eigenvalue weighted by Gasteiger charge is -2.36. The van der Waals surface area contributed by atoms with Crippen LogP contribution < -0.4 is 5.32 Å². The number of nitrogens with zero attached hydrogens (tertiary/aromatic N) is 2. The molecule has 6 nitrogen and oxygen atoms in total. The van der Waals surface area contributed by atoms with Crippen molar-refractivity contribution in [2.24, 2.45) is 0 Å². The summed E-state index contributed by atoms with van der Waals surface area (Å²) in [4.78, 5) is 22.9. The van der Waals surface area contributed by atoms with Crippen LogP contribution in [0.3, 0.4) is 0 Å². The van der Waals surface area contributed by atoms with Crippen LogP contribution in [0.4, 0.5) is 0 Å². The lowest BCUT2D eigenvalue weighted by molar-refractivity contribution is -0.139. The van der Waals surface area contributed by atoms with Crippen LogP contribution in [0, 0.1) is 0 Å². The largest absolute Gasteiger partial charge is 0.481 e. The van der Waals surface area contributed by atoms with E-state index in [4.69, 9.17) is 5.11 Å². The first kappa shape index (κ1) is 12.9. The number of rotatable bonds is 4. The van der Waals surface area contributed by atoms with Gasteiger partial charge in [0.15, 0.2) is 5.69 Å². The van der Waals surface area contributed by atoms with Crippen molar-refractivity contribution in [2.45, 2.75) is 44.1 Å². The van der Waals surface area contributed by atoms with E-state index in [0.29, 0.717) is 12.8 Å². The highest BCUT2D eigenvalue weighted by Crippen LogP contribution is 2.31. The SMILES string of the molecule is O=C(O)CC1(NC(=O)c2cnsn2)CCCCC1. The minimum atomic E-state index is -0.881. The van der Waals surface area contributed by atoms with E-state index in [1.807, 2.05) is 0 Å². The van der Waals surface area contributed by atoms with Crippen LogP contribution in [0.25, 0.3) is 0 Å². The van der Waals surface area contributed by atoms with E-state index >= 15 is 0 Å². The van der Waals surface area contributed by atoms with Gasteiger partial charge in [-0.05, 0) is 12.8 Å². The molecule has 0 saturated heterocycles. The zero-order valence-electron chi connectivity index (χ0n) is 9.89. The number of carbonyl (C=O) groups excluding carboxylic acids is 1. The molecular weight excluding hydrogens is 254 g/mol. The van der Waals surface area contributed by atoms with Gasteiger partial charge >= 0.3 is 5.97 Å². The molecule has 0 atom stereocenters. The smallest absolute Gasteiger partial charge is 0.305 e. The van der Waals surface area contributed by atoms with Crippen molar-refractivity contribution in [3.63, 3.8) is 0 Å². The molecule has 1 heterocycles. The van der Waals surface area contributed by atoms with E-state index in [9.17, 15) is 9.59 Å². The minimum absolute atomic E-state index is 0.0314. The standard InChI is InChI=1S/C11H15N3O3S/c15-9(16)6-11(4-2-1-3-5-11)13-10(17)8-7-12-18-14-8/h7H,1-6H2,(H,13,17)(H,15,16). The first-order valence-corrected chi connectivity index (χ1v) is 6.66. The van der Waals surface area contributed by atoms with Crippen LogP contribution in [0.1, 0.15) is 49.0 Å². The third-order valence-corrected chi connectivity index (χ3v) is 3.75. The van der Waals surface area contributed by atoms with Crippen molar-refractivity contribution in [3.8, 4) is 0 Å². The zero-order chi connectivity index (χ0) is 13.0. The summed E-state index contributed by atoms with van der Waals surface area (Å²) >= 11 is 0.966. The van der Waals surface area contributed by atoms with Crippen molar-refractivity contribution in [2.75, 3.05) is 0 Å². The summed E-state index contributed by atoms with van der Waals surface area (Å²) in [6.45, 7) is 0. The molecule has 0 bridgehead atoms. The number of aliphatic carboxylic acids is 1. The number of aromatic nitrogens is 2.